The zero-order valence-corrected chi connectivity index (χ0v) is 10.9. The smallest absolute Gasteiger partial charge is 0.124 e. The highest BCUT2D eigenvalue weighted by molar-refractivity contribution is 5.36. The van der Waals surface area contributed by atoms with Crippen molar-refractivity contribution in [1.29, 1.82) is 0 Å². The van der Waals surface area contributed by atoms with Crippen LogP contribution in [-0.2, 0) is 0 Å². The van der Waals surface area contributed by atoms with Crippen molar-refractivity contribution in [2.45, 2.75) is 39.2 Å². The van der Waals surface area contributed by atoms with E-state index in [-0.39, 0.29) is 6.04 Å². The molecule has 17 heavy (non-hydrogen) atoms. The van der Waals surface area contributed by atoms with E-state index in [2.05, 4.69) is 19.9 Å². The largest absolute Gasteiger partial charge is 0.493 e. The summed E-state index contributed by atoms with van der Waals surface area (Å²) < 4.78 is 5.78. The van der Waals surface area contributed by atoms with Crippen molar-refractivity contribution in [3.63, 3.8) is 0 Å². The lowest BCUT2D eigenvalue weighted by atomic mass is 9.91. The summed E-state index contributed by atoms with van der Waals surface area (Å²) >= 11 is 0. The molecular weight excluding hydrogens is 210 g/mol. The Labute approximate surface area is 104 Å². The molecule has 2 nitrogen and oxygen atoms in total. The molecule has 0 saturated heterocycles. The van der Waals surface area contributed by atoms with Gasteiger partial charge in [-0.05, 0) is 37.2 Å². The quantitative estimate of drug-likeness (QED) is 0.816. The van der Waals surface area contributed by atoms with Gasteiger partial charge >= 0.3 is 0 Å². The van der Waals surface area contributed by atoms with E-state index in [1.165, 1.54) is 18.4 Å². The molecule has 1 saturated carbocycles. The Morgan fingerprint density at radius 3 is 2.71 bits per heavy atom. The molecule has 2 atom stereocenters. The van der Waals surface area contributed by atoms with Gasteiger partial charge in [0.05, 0.1) is 6.61 Å². The summed E-state index contributed by atoms with van der Waals surface area (Å²) in [6.07, 6.45) is 3.71. The van der Waals surface area contributed by atoms with Crippen molar-refractivity contribution in [2.75, 3.05) is 6.61 Å². The van der Waals surface area contributed by atoms with E-state index in [1.54, 1.807) is 0 Å². The zero-order valence-electron chi connectivity index (χ0n) is 10.9. The summed E-state index contributed by atoms with van der Waals surface area (Å²) in [7, 11) is 0. The topological polar surface area (TPSA) is 35.2 Å². The summed E-state index contributed by atoms with van der Waals surface area (Å²) in [5.74, 6) is 2.35. The molecule has 1 aliphatic rings. The van der Waals surface area contributed by atoms with Crippen molar-refractivity contribution >= 4 is 0 Å². The number of benzene rings is 1. The van der Waals surface area contributed by atoms with Crippen LogP contribution in [0, 0.1) is 11.8 Å². The maximum Gasteiger partial charge on any atom is 0.124 e. The first-order valence-electron chi connectivity index (χ1n) is 6.71. The number of hydrogen-bond donors (Lipinski definition) is 1. The van der Waals surface area contributed by atoms with Crippen LogP contribution in [0.15, 0.2) is 24.3 Å². The third kappa shape index (κ3) is 3.01. The lowest BCUT2D eigenvalue weighted by molar-refractivity contribution is 0.305. The fourth-order valence-corrected chi connectivity index (χ4v) is 2.30. The number of nitrogens with two attached hydrogens (primary N) is 1. The summed E-state index contributed by atoms with van der Waals surface area (Å²) in [5.41, 5.74) is 7.54. The highest BCUT2D eigenvalue weighted by Gasteiger charge is 2.33. The van der Waals surface area contributed by atoms with Gasteiger partial charge in [0, 0.05) is 11.6 Å². The number of hydrogen-bond acceptors (Lipinski definition) is 2. The lowest BCUT2D eigenvalue weighted by Gasteiger charge is -2.22. The van der Waals surface area contributed by atoms with Crippen LogP contribution in [0.3, 0.4) is 0 Å². The minimum Gasteiger partial charge on any atom is -0.493 e. The third-order valence-electron chi connectivity index (χ3n) is 3.67. The van der Waals surface area contributed by atoms with Gasteiger partial charge in [-0.1, -0.05) is 32.0 Å². The van der Waals surface area contributed by atoms with Crippen LogP contribution in [-0.4, -0.2) is 6.61 Å². The Balaban J connectivity index is 2.11. The van der Waals surface area contributed by atoms with Crippen LogP contribution in [0.4, 0.5) is 0 Å². The van der Waals surface area contributed by atoms with Gasteiger partial charge in [-0.15, -0.1) is 0 Å². The van der Waals surface area contributed by atoms with E-state index in [0.29, 0.717) is 5.92 Å². The van der Waals surface area contributed by atoms with Crippen molar-refractivity contribution in [2.24, 2.45) is 17.6 Å². The molecule has 2 unspecified atom stereocenters. The minimum atomic E-state index is 0.107. The van der Waals surface area contributed by atoms with E-state index in [4.69, 9.17) is 10.5 Å². The molecule has 0 heterocycles. The maximum atomic E-state index is 6.37. The van der Waals surface area contributed by atoms with Gasteiger partial charge in [-0.2, -0.15) is 0 Å². The van der Waals surface area contributed by atoms with E-state index in [1.807, 2.05) is 18.2 Å². The highest BCUT2D eigenvalue weighted by Crippen LogP contribution is 2.43. The average Bonchev–Trinajstić information content (AvgIpc) is 3.19. The first kappa shape index (κ1) is 12.4. The Hall–Kier alpha value is -1.02. The van der Waals surface area contributed by atoms with Crippen molar-refractivity contribution in [3.05, 3.63) is 29.8 Å². The van der Waals surface area contributed by atoms with E-state index >= 15 is 0 Å². The van der Waals surface area contributed by atoms with Crippen LogP contribution < -0.4 is 10.5 Å². The van der Waals surface area contributed by atoms with E-state index in [9.17, 15) is 0 Å². The van der Waals surface area contributed by atoms with Gasteiger partial charge in [-0.25, -0.2) is 0 Å². The lowest BCUT2D eigenvalue weighted by Crippen LogP contribution is -2.21. The molecule has 1 aliphatic carbocycles. The second-order valence-electron chi connectivity index (χ2n) is 5.11. The molecule has 0 amide bonds. The molecule has 94 valence electrons. The molecule has 2 heteroatoms. The number of ether oxygens (including phenoxy) is 1. The van der Waals surface area contributed by atoms with Crippen LogP contribution >= 0.6 is 0 Å². The van der Waals surface area contributed by atoms with Crippen molar-refractivity contribution in [1.82, 2.24) is 0 Å². The Bertz CT molecular complexity index is 360. The second-order valence-corrected chi connectivity index (χ2v) is 5.11. The molecule has 0 radical (unpaired) electrons. The van der Waals surface area contributed by atoms with Crippen LogP contribution in [0.1, 0.15) is 44.7 Å². The highest BCUT2D eigenvalue weighted by atomic mass is 16.5. The second kappa shape index (κ2) is 5.54. The SMILES string of the molecule is CCCOc1ccccc1C(N)C(C)C1CC1. The molecule has 0 aliphatic heterocycles. The molecule has 2 N–H and O–H groups in total. The fraction of sp³-hybridized carbons (Fsp3) is 0.600. The fourth-order valence-electron chi connectivity index (χ4n) is 2.30. The number of para-hydroxylation sites is 1. The van der Waals surface area contributed by atoms with Crippen LogP contribution in [0.25, 0.3) is 0 Å². The summed E-state index contributed by atoms with van der Waals surface area (Å²) in [6.45, 7) is 5.15. The average molecular weight is 233 g/mol. The van der Waals surface area contributed by atoms with Gasteiger partial charge < -0.3 is 10.5 Å². The normalized spacial score (nSPS) is 18.8. The van der Waals surface area contributed by atoms with Gasteiger partial charge in [0.1, 0.15) is 5.75 Å². The summed E-state index contributed by atoms with van der Waals surface area (Å²) in [6, 6.07) is 8.31. The standard InChI is InChI=1S/C15H23NO/c1-3-10-17-14-7-5-4-6-13(14)15(16)11(2)12-8-9-12/h4-7,11-12,15H,3,8-10,16H2,1-2H3. The Kier molecular flexibility index (Phi) is 4.06. The predicted octanol–water partition coefficient (Wildman–Crippen LogP) is 3.52. The Morgan fingerprint density at radius 2 is 2.06 bits per heavy atom. The third-order valence-corrected chi connectivity index (χ3v) is 3.67. The van der Waals surface area contributed by atoms with Crippen LogP contribution in [0.2, 0.25) is 0 Å². The van der Waals surface area contributed by atoms with Crippen LogP contribution in [0.5, 0.6) is 5.75 Å². The maximum absolute atomic E-state index is 6.37. The first-order chi connectivity index (χ1) is 8.24. The molecule has 1 fully saturated rings. The molecular formula is C15H23NO. The van der Waals surface area contributed by atoms with Gasteiger partial charge in [-0.3, -0.25) is 0 Å². The molecule has 0 bridgehead atoms. The summed E-state index contributed by atoms with van der Waals surface area (Å²) in [4.78, 5) is 0. The molecule has 1 aromatic rings. The molecule has 0 aromatic heterocycles. The molecule has 1 aromatic carbocycles. The van der Waals surface area contributed by atoms with Gasteiger partial charge in [0.15, 0.2) is 0 Å². The summed E-state index contributed by atoms with van der Waals surface area (Å²) in [5, 5.41) is 0. The zero-order chi connectivity index (χ0) is 12.3. The van der Waals surface area contributed by atoms with E-state index < -0.39 is 0 Å². The minimum absolute atomic E-state index is 0.107. The number of rotatable bonds is 6. The van der Waals surface area contributed by atoms with Gasteiger partial charge in [0.2, 0.25) is 0 Å². The molecule has 0 spiro atoms. The van der Waals surface area contributed by atoms with Gasteiger partial charge in [0.25, 0.3) is 0 Å². The predicted molar refractivity (Wildman–Crippen MR) is 71.0 cm³/mol. The molecule has 2 rings (SSSR count). The van der Waals surface area contributed by atoms with Crippen molar-refractivity contribution in [3.8, 4) is 5.75 Å². The Morgan fingerprint density at radius 1 is 1.35 bits per heavy atom. The monoisotopic (exact) mass is 233 g/mol. The van der Waals surface area contributed by atoms with E-state index in [0.717, 1.165) is 24.7 Å². The van der Waals surface area contributed by atoms with Crippen molar-refractivity contribution < 1.29 is 4.74 Å². The first-order valence-corrected chi connectivity index (χ1v) is 6.71.